The normalized spacial score (nSPS) is 19.3. The zero-order valence-corrected chi connectivity index (χ0v) is 13.9. The zero-order valence-electron chi connectivity index (χ0n) is 13.9. The minimum Gasteiger partial charge on any atom is -0.366 e. The van der Waals surface area contributed by atoms with E-state index >= 15 is 0 Å². The van der Waals surface area contributed by atoms with Crippen molar-refractivity contribution in [3.8, 4) is 0 Å². The molecule has 1 aromatic carbocycles. The fraction of sp³-hybridized carbons (Fsp3) is 0.444. The van der Waals surface area contributed by atoms with E-state index in [0.29, 0.717) is 11.3 Å². The van der Waals surface area contributed by atoms with Crippen molar-refractivity contribution in [1.29, 1.82) is 0 Å². The third kappa shape index (κ3) is 3.40. The molecule has 0 atom stereocenters. The quantitative estimate of drug-likeness (QED) is 0.806. The standard InChI is InChI=1S/C18H21N3O4/c19-16(24)12-4-6-13(7-5-12)20-14(22)11-21-15(23)10-18(17(21)25)8-2-1-3-9-18/h4-7H,1-3,8-11H2,(H2,19,24)(H,20,22). The lowest BCUT2D eigenvalue weighted by Gasteiger charge is -2.30. The summed E-state index contributed by atoms with van der Waals surface area (Å²) in [7, 11) is 0. The third-order valence-corrected chi connectivity index (χ3v) is 5.06. The molecule has 1 aliphatic carbocycles. The largest absolute Gasteiger partial charge is 0.366 e. The second-order valence-corrected chi connectivity index (χ2v) is 6.79. The Bertz CT molecular complexity index is 720. The van der Waals surface area contributed by atoms with Crippen molar-refractivity contribution in [1.82, 2.24) is 4.90 Å². The van der Waals surface area contributed by atoms with Gasteiger partial charge in [0.1, 0.15) is 6.54 Å². The number of nitrogens with one attached hydrogen (secondary N) is 1. The Kier molecular flexibility index (Phi) is 4.57. The molecule has 1 saturated heterocycles. The van der Waals surface area contributed by atoms with Crippen LogP contribution in [0.3, 0.4) is 0 Å². The molecule has 7 nitrogen and oxygen atoms in total. The number of nitrogens with zero attached hydrogens (tertiary/aromatic N) is 1. The number of amides is 4. The number of likely N-dealkylation sites (tertiary alicyclic amines) is 1. The van der Waals surface area contributed by atoms with Crippen LogP contribution >= 0.6 is 0 Å². The first-order valence-corrected chi connectivity index (χ1v) is 8.46. The number of hydrogen-bond acceptors (Lipinski definition) is 4. The van der Waals surface area contributed by atoms with E-state index in [1.165, 1.54) is 12.1 Å². The van der Waals surface area contributed by atoms with Crippen LogP contribution in [-0.2, 0) is 14.4 Å². The molecule has 1 spiro atoms. The summed E-state index contributed by atoms with van der Waals surface area (Å²) in [5.41, 5.74) is 5.39. The van der Waals surface area contributed by atoms with E-state index in [9.17, 15) is 19.2 Å². The Morgan fingerprint density at radius 2 is 1.72 bits per heavy atom. The van der Waals surface area contributed by atoms with Crippen LogP contribution in [0.4, 0.5) is 5.69 Å². The van der Waals surface area contributed by atoms with Gasteiger partial charge in [-0.15, -0.1) is 0 Å². The fourth-order valence-electron chi connectivity index (χ4n) is 3.70. The first-order valence-electron chi connectivity index (χ1n) is 8.46. The number of carbonyl (C=O) groups excluding carboxylic acids is 4. The number of anilines is 1. The van der Waals surface area contributed by atoms with E-state index in [1.54, 1.807) is 12.1 Å². The predicted octanol–water partition coefficient (Wildman–Crippen LogP) is 1.43. The Morgan fingerprint density at radius 3 is 2.32 bits per heavy atom. The smallest absolute Gasteiger partial charge is 0.248 e. The van der Waals surface area contributed by atoms with Crippen molar-refractivity contribution in [2.24, 2.45) is 11.1 Å². The average molecular weight is 343 g/mol. The maximum absolute atomic E-state index is 12.7. The topological polar surface area (TPSA) is 110 Å². The van der Waals surface area contributed by atoms with Gasteiger partial charge in [-0.2, -0.15) is 0 Å². The first-order chi connectivity index (χ1) is 11.9. The molecule has 0 unspecified atom stereocenters. The Labute approximate surface area is 145 Å². The maximum Gasteiger partial charge on any atom is 0.248 e. The van der Waals surface area contributed by atoms with Crippen molar-refractivity contribution in [3.63, 3.8) is 0 Å². The number of nitrogens with two attached hydrogens (primary N) is 1. The molecule has 25 heavy (non-hydrogen) atoms. The lowest BCUT2D eigenvalue weighted by atomic mass is 9.73. The first kappa shape index (κ1) is 17.1. The molecule has 0 bridgehead atoms. The molecule has 0 aromatic heterocycles. The van der Waals surface area contributed by atoms with Crippen LogP contribution < -0.4 is 11.1 Å². The number of imide groups is 1. The molecule has 4 amide bonds. The Balaban J connectivity index is 1.63. The van der Waals surface area contributed by atoms with E-state index in [-0.39, 0.29) is 24.8 Å². The van der Waals surface area contributed by atoms with Gasteiger partial charge in [0.25, 0.3) is 0 Å². The van der Waals surface area contributed by atoms with Gasteiger partial charge in [0.05, 0.1) is 5.41 Å². The SMILES string of the molecule is NC(=O)c1ccc(NC(=O)CN2C(=O)CC3(CCCCC3)C2=O)cc1. The summed E-state index contributed by atoms with van der Waals surface area (Å²) in [4.78, 5) is 49.2. The van der Waals surface area contributed by atoms with Crippen LogP contribution in [0, 0.1) is 5.41 Å². The van der Waals surface area contributed by atoms with Gasteiger partial charge in [-0.3, -0.25) is 24.1 Å². The molecule has 3 rings (SSSR count). The molecule has 1 aliphatic heterocycles. The fourth-order valence-corrected chi connectivity index (χ4v) is 3.70. The van der Waals surface area contributed by atoms with Crippen LogP contribution in [0.5, 0.6) is 0 Å². The lowest BCUT2D eigenvalue weighted by molar-refractivity contribution is -0.144. The van der Waals surface area contributed by atoms with Crippen LogP contribution in [0.15, 0.2) is 24.3 Å². The molecule has 1 heterocycles. The van der Waals surface area contributed by atoms with E-state index in [0.717, 1.165) is 37.0 Å². The molecule has 1 aromatic rings. The molecule has 0 radical (unpaired) electrons. The summed E-state index contributed by atoms with van der Waals surface area (Å²) in [6.45, 7) is -0.281. The van der Waals surface area contributed by atoms with Gasteiger partial charge in [0, 0.05) is 17.7 Å². The highest BCUT2D eigenvalue weighted by Gasteiger charge is 2.51. The second-order valence-electron chi connectivity index (χ2n) is 6.79. The number of rotatable bonds is 4. The van der Waals surface area contributed by atoms with E-state index < -0.39 is 17.2 Å². The summed E-state index contributed by atoms with van der Waals surface area (Å²) in [6.07, 6.45) is 4.66. The van der Waals surface area contributed by atoms with Gasteiger partial charge < -0.3 is 11.1 Å². The van der Waals surface area contributed by atoms with Crippen molar-refractivity contribution in [3.05, 3.63) is 29.8 Å². The number of primary amides is 1. The van der Waals surface area contributed by atoms with Gasteiger partial charge in [-0.1, -0.05) is 19.3 Å². The molecule has 2 aliphatic rings. The summed E-state index contributed by atoms with van der Waals surface area (Å²) in [6, 6.07) is 6.10. The minimum absolute atomic E-state index is 0.212. The van der Waals surface area contributed by atoms with E-state index in [4.69, 9.17) is 5.73 Å². The molecular formula is C18H21N3O4. The summed E-state index contributed by atoms with van der Waals surface area (Å²) in [5.74, 6) is -1.48. The Hall–Kier alpha value is -2.70. The summed E-state index contributed by atoms with van der Waals surface area (Å²) >= 11 is 0. The highest BCUT2D eigenvalue weighted by molar-refractivity contribution is 6.09. The number of carbonyl (C=O) groups is 4. The van der Waals surface area contributed by atoms with Gasteiger partial charge in [-0.05, 0) is 37.1 Å². The minimum atomic E-state index is -0.585. The third-order valence-electron chi connectivity index (χ3n) is 5.06. The van der Waals surface area contributed by atoms with E-state index in [1.807, 2.05) is 0 Å². The second kappa shape index (κ2) is 6.66. The van der Waals surface area contributed by atoms with Crippen molar-refractivity contribution in [2.45, 2.75) is 38.5 Å². The van der Waals surface area contributed by atoms with Gasteiger partial charge in [0.2, 0.25) is 23.6 Å². The van der Waals surface area contributed by atoms with Crippen LogP contribution in [-0.4, -0.2) is 35.1 Å². The van der Waals surface area contributed by atoms with Crippen molar-refractivity contribution >= 4 is 29.3 Å². The van der Waals surface area contributed by atoms with Gasteiger partial charge in [0.15, 0.2) is 0 Å². The Morgan fingerprint density at radius 1 is 1.08 bits per heavy atom. The lowest BCUT2D eigenvalue weighted by Crippen LogP contribution is -2.41. The molecule has 7 heteroatoms. The van der Waals surface area contributed by atoms with Gasteiger partial charge in [-0.25, -0.2) is 0 Å². The summed E-state index contributed by atoms with van der Waals surface area (Å²) < 4.78 is 0. The van der Waals surface area contributed by atoms with Crippen LogP contribution in [0.25, 0.3) is 0 Å². The highest BCUT2D eigenvalue weighted by atomic mass is 16.2. The van der Waals surface area contributed by atoms with E-state index in [2.05, 4.69) is 5.32 Å². The number of benzene rings is 1. The van der Waals surface area contributed by atoms with Crippen molar-refractivity contribution in [2.75, 3.05) is 11.9 Å². The average Bonchev–Trinajstić information content (AvgIpc) is 2.80. The maximum atomic E-state index is 12.7. The molecule has 2 fully saturated rings. The molecule has 132 valence electrons. The molecular weight excluding hydrogens is 322 g/mol. The molecule has 3 N–H and O–H groups in total. The summed E-state index contributed by atoms with van der Waals surface area (Å²) in [5, 5.41) is 2.63. The number of hydrogen-bond donors (Lipinski definition) is 2. The van der Waals surface area contributed by atoms with Crippen LogP contribution in [0.2, 0.25) is 0 Å². The zero-order chi connectivity index (χ0) is 18.0. The van der Waals surface area contributed by atoms with Gasteiger partial charge >= 0.3 is 0 Å². The van der Waals surface area contributed by atoms with Crippen molar-refractivity contribution < 1.29 is 19.2 Å². The van der Waals surface area contributed by atoms with Crippen LogP contribution in [0.1, 0.15) is 48.9 Å². The predicted molar refractivity (Wildman–Crippen MR) is 90.4 cm³/mol. The molecule has 1 saturated carbocycles. The monoisotopic (exact) mass is 343 g/mol. The highest BCUT2D eigenvalue weighted by Crippen LogP contribution is 2.45.